The molecule has 7 heteroatoms. The molecule has 25 heavy (non-hydrogen) atoms. The molecule has 1 fully saturated rings. The monoisotopic (exact) mass is 341 g/mol. The Hall–Kier alpha value is -2.67. The van der Waals surface area contributed by atoms with Crippen LogP contribution in [-0.2, 0) is 17.7 Å². The molecule has 1 aliphatic rings. The highest BCUT2D eigenvalue weighted by Crippen LogP contribution is 2.14. The Labute approximate surface area is 147 Å². The van der Waals surface area contributed by atoms with Gasteiger partial charge in [-0.1, -0.05) is 6.07 Å². The first-order valence-corrected chi connectivity index (χ1v) is 8.50. The van der Waals surface area contributed by atoms with Gasteiger partial charge in [-0.05, 0) is 29.8 Å². The van der Waals surface area contributed by atoms with Gasteiger partial charge in [0.15, 0.2) is 0 Å². The third kappa shape index (κ3) is 5.42. The number of aromatic nitrogens is 2. The quantitative estimate of drug-likeness (QED) is 0.829. The third-order valence-corrected chi connectivity index (χ3v) is 3.99. The molecule has 3 rings (SSSR count). The summed E-state index contributed by atoms with van der Waals surface area (Å²) in [5.41, 5.74) is 1.99. The predicted molar refractivity (Wildman–Crippen MR) is 95.4 cm³/mol. The highest BCUT2D eigenvalue weighted by molar-refractivity contribution is 5.73. The van der Waals surface area contributed by atoms with Gasteiger partial charge in [0.25, 0.3) is 0 Å². The molecule has 0 atom stereocenters. The van der Waals surface area contributed by atoms with Crippen molar-refractivity contribution in [2.75, 3.05) is 37.7 Å². The van der Waals surface area contributed by atoms with Crippen molar-refractivity contribution >= 4 is 11.8 Å². The maximum atomic E-state index is 11.9. The van der Waals surface area contributed by atoms with E-state index in [1.807, 2.05) is 30.3 Å². The van der Waals surface area contributed by atoms with Crippen LogP contribution in [0.3, 0.4) is 0 Å². The van der Waals surface area contributed by atoms with Gasteiger partial charge in [-0.2, -0.15) is 0 Å². The summed E-state index contributed by atoms with van der Waals surface area (Å²) in [6.45, 7) is 4.16. The smallest absolute Gasteiger partial charge is 0.315 e. The number of carbonyl (C=O) groups excluding carboxylic acids is 1. The van der Waals surface area contributed by atoms with Gasteiger partial charge in [-0.3, -0.25) is 4.98 Å². The molecule has 2 aromatic rings. The molecule has 2 aromatic heterocycles. The fourth-order valence-corrected chi connectivity index (χ4v) is 2.63. The first-order chi connectivity index (χ1) is 12.3. The minimum Gasteiger partial charge on any atom is -0.378 e. The fraction of sp³-hybridized carbons (Fsp3) is 0.389. The van der Waals surface area contributed by atoms with E-state index in [0.29, 0.717) is 19.5 Å². The van der Waals surface area contributed by atoms with E-state index in [9.17, 15) is 4.79 Å². The average molecular weight is 341 g/mol. The molecule has 0 radical (unpaired) electrons. The van der Waals surface area contributed by atoms with Gasteiger partial charge in [0.1, 0.15) is 5.82 Å². The summed E-state index contributed by atoms with van der Waals surface area (Å²) in [6.07, 6.45) is 4.25. The van der Waals surface area contributed by atoms with Gasteiger partial charge < -0.3 is 20.3 Å². The van der Waals surface area contributed by atoms with Gasteiger partial charge in [-0.25, -0.2) is 9.78 Å². The van der Waals surface area contributed by atoms with Crippen molar-refractivity contribution in [1.82, 2.24) is 20.6 Å². The number of morpholine rings is 1. The van der Waals surface area contributed by atoms with Crippen LogP contribution in [0.2, 0.25) is 0 Å². The largest absolute Gasteiger partial charge is 0.378 e. The van der Waals surface area contributed by atoms with Crippen LogP contribution in [-0.4, -0.2) is 48.8 Å². The second-order valence-corrected chi connectivity index (χ2v) is 5.80. The van der Waals surface area contributed by atoms with Gasteiger partial charge in [-0.15, -0.1) is 0 Å². The Morgan fingerprint density at radius 3 is 2.80 bits per heavy atom. The Balaban J connectivity index is 1.42. The number of amides is 2. The molecule has 2 N–H and O–H groups in total. The van der Waals surface area contributed by atoms with Gasteiger partial charge >= 0.3 is 6.03 Å². The van der Waals surface area contributed by atoms with E-state index < -0.39 is 0 Å². The maximum Gasteiger partial charge on any atom is 0.315 e. The molecule has 2 amide bonds. The van der Waals surface area contributed by atoms with Crippen LogP contribution in [0.25, 0.3) is 0 Å². The molecule has 3 heterocycles. The lowest BCUT2D eigenvalue weighted by molar-refractivity contribution is 0.122. The van der Waals surface area contributed by atoms with Crippen molar-refractivity contribution in [2.24, 2.45) is 0 Å². The number of carbonyl (C=O) groups is 1. The molecule has 132 valence electrons. The first kappa shape index (κ1) is 17.2. The molecule has 1 saturated heterocycles. The predicted octanol–water partition coefficient (Wildman–Crippen LogP) is 1.36. The van der Waals surface area contributed by atoms with Crippen LogP contribution in [0.1, 0.15) is 11.3 Å². The molecule has 0 bridgehead atoms. The number of pyridine rings is 2. The van der Waals surface area contributed by atoms with E-state index in [0.717, 1.165) is 43.4 Å². The molecular weight excluding hydrogens is 318 g/mol. The Kier molecular flexibility index (Phi) is 6.17. The molecule has 0 aliphatic carbocycles. The molecule has 0 unspecified atom stereocenters. The molecule has 7 nitrogen and oxygen atoms in total. The molecule has 0 saturated carbocycles. The molecule has 1 aliphatic heterocycles. The van der Waals surface area contributed by atoms with Gasteiger partial charge in [0, 0.05) is 50.7 Å². The van der Waals surface area contributed by atoms with Gasteiger partial charge in [0.05, 0.1) is 13.2 Å². The van der Waals surface area contributed by atoms with Crippen LogP contribution < -0.4 is 15.5 Å². The van der Waals surface area contributed by atoms with E-state index in [-0.39, 0.29) is 6.03 Å². The number of nitrogens with zero attached hydrogens (tertiary/aromatic N) is 3. The number of urea groups is 1. The number of hydrogen-bond donors (Lipinski definition) is 2. The van der Waals surface area contributed by atoms with E-state index in [1.165, 1.54) is 0 Å². The standard InChI is InChI=1S/C18H23N5O2/c24-18(21-8-5-16-3-1-2-6-19-16)22-14-15-4-7-20-17(13-15)23-9-11-25-12-10-23/h1-4,6-7,13H,5,8-12,14H2,(H2,21,22,24). The summed E-state index contributed by atoms with van der Waals surface area (Å²) in [5, 5.41) is 5.72. The van der Waals surface area contributed by atoms with Crippen molar-refractivity contribution < 1.29 is 9.53 Å². The van der Waals surface area contributed by atoms with Crippen molar-refractivity contribution in [3.8, 4) is 0 Å². The van der Waals surface area contributed by atoms with Crippen LogP contribution in [0.4, 0.5) is 10.6 Å². The summed E-state index contributed by atoms with van der Waals surface area (Å²) >= 11 is 0. The number of hydrogen-bond acceptors (Lipinski definition) is 5. The lowest BCUT2D eigenvalue weighted by Crippen LogP contribution is -2.37. The first-order valence-electron chi connectivity index (χ1n) is 8.50. The van der Waals surface area contributed by atoms with Gasteiger partial charge in [0.2, 0.25) is 0 Å². The number of anilines is 1. The summed E-state index contributed by atoms with van der Waals surface area (Å²) in [4.78, 5) is 22.7. The van der Waals surface area contributed by atoms with Crippen LogP contribution in [0.5, 0.6) is 0 Å². The van der Waals surface area contributed by atoms with Crippen molar-refractivity contribution in [2.45, 2.75) is 13.0 Å². The number of nitrogens with one attached hydrogen (secondary N) is 2. The minimum atomic E-state index is -0.180. The zero-order valence-corrected chi connectivity index (χ0v) is 14.1. The Morgan fingerprint density at radius 2 is 2.00 bits per heavy atom. The van der Waals surface area contributed by atoms with Crippen LogP contribution >= 0.6 is 0 Å². The van der Waals surface area contributed by atoms with E-state index >= 15 is 0 Å². The van der Waals surface area contributed by atoms with Crippen molar-refractivity contribution in [1.29, 1.82) is 0 Å². The third-order valence-electron chi connectivity index (χ3n) is 3.99. The lowest BCUT2D eigenvalue weighted by Gasteiger charge is -2.28. The lowest BCUT2D eigenvalue weighted by atomic mass is 10.2. The minimum absolute atomic E-state index is 0.180. The summed E-state index contributed by atoms with van der Waals surface area (Å²) in [7, 11) is 0. The number of ether oxygens (including phenoxy) is 1. The van der Waals surface area contributed by atoms with E-state index in [1.54, 1.807) is 12.4 Å². The second-order valence-electron chi connectivity index (χ2n) is 5.80. The maximum absolute atomic E-state index is 11.9. The topological polar surface area (TPSA) is 79.4 Å². The van der Waals surface area contributed by atoms with E-state index in [4.69, 9.17) is 4.74 Å². The summed E-state index contributed by atoms with van der Waals surface area (Å²) in [5.74, 6) is 0.929. The van der Waals surface area contributed by atoms with E-state index in [2.05, 4.69) is 25.5 Å². The fourth-order valence-electron chi connectivity index (χ4n) is 2.63. The SMILES string of the molecule is O=C(NCCc1ccccn1)NCc1ccnc(N2CCOCC2)c1. The molecule has 0 aromatic carbocycles. The zero-order chi connectivity index (χ0) is 17.3. The normalized spacial score (nSPS) is 14.2. The molecule has 0 spiro atoms. The Morgan fingerprint density at radius 1 is 1.12 bits per heavy atom. The highest BCUT2D eigenvalue weighted by atomic mass is 16.5. The zero-order valence-electron chi connectivity index (χ0n) is 14.1. The Bertz CT molecular complexity index is 674. The van der Waals surface area contributed by atoms with Crippen molar-refractivity contribution in [3.05, 3.63) is 54.0 Å². The van der Waals surface area contributed by atoms with Crippen molar-refractivity contribution in [3.63, 3.8) is 0 Å². The average Bonchev–Trinajstić information content (AvgIpc) is 2.68. The van der Waals surface area contributed by atoms with Crippen LogP contribution in [0.15, 0.2) is 42.7 Å². The summed E-state index contributed by atoms with van der Waals surface area (Å²) in [6, 6.07) is 9.52. The second kappa shape index (κ2) is 8.98. The summed E-state index contributed by atoms with van der Waals surface area (Å²) < 4.78 is 5.36. The highest BCUT2D eigenvalue weighted by Gasteiger charge is 2.12. The van der Waals surface area contributed by atoms with Crippen LogP contribution in [0, 0.1) is 0 Å². The molecular formula is C18H23N5O2. The number of rotatable bonds is 6.